The SMILES string of the molecule is Cc1nn(-c2ccc(=O)[nH]n2)c2c1C(c1ccc(Br)cc1)CC(=O)N2. The van der Waals surface area contributed by atoms with E-state index in [-0.39, 0.29) is 17.4 Å². The average Bonchev–Trinajstić information content (AvgIpc) is 2.92. The molecule has 0 aliphatic carbocycles. The van der Waals surface area contributed by atoms with Crippen molar-refractivity contribution < 1.29 is 4.79 Å². The number of nitrogens with one attached hydrogen (secondary N) is 2. The Morgan fingerprint density at radius 3 is 2.60 bits per heavy atom. The molecule has 7 nitrogen and oxygen atoms in total. The Labute approximate surface area is 151 Å². The molecule has 3 heterocycles. The molecule has 0 fully saturated rings. The van der Waals surface area contributed by atoms with E-state index in [1.807, 2.05) is 31.2 Å². The molecule has 0 bridgehead atoms. The predicted octanol–water partition coefficient (Wildman–Crippen LogP) is 2.50. The van der Waals surface area contributed by atoms with Gasteiger partial charge in [-0.3, -0.25) is 9.59 Å². The van der Waals surface area contributed by atoms with Crippen LogP contribution in [0.4, 0.5) is 5.82 Å². The summed E-state index contributed by atoms with van der Waals surface area (Å²) in [7, 11) is 0. The second-order valence-electron chi connectivity index (χ2n) is 5.90. The molecular weight excluding hydrogens is 386 g/mol. The third-order valence-electron chi connectivity index (χ3n) is 4.26. The molecule has 0 spiro atoms. The van der Waals surface area contributed by atoms with Gasteiger partial charge in [0.1, 0.15) is 5.82 Å². The van der Waals surface area contributed by atoms with Crippen LogP contribution < -0.4 is 10.9 Å². The third kappa shape index (κ3) is 2.78. The van der Waals surface area contributed by atoms with Gasteiger partial charge < -0.3 is 5.32 Å². The number of anilines is 1. The van der Waals surface area contributed by atoms with Crippen molar-refractivity contribution in [3.63, 3.8) is 0 Å². The van der Waals surface area contributed by atoms with Crippen LogP contribution in [0.15, 0.2) is 45.7 Å². The number of fused-ring (bicyclic) bond motifs is 1. The minimum absolute atomic E-state index is 0.0756. The number of H-pyrrole nitrogens is 1. The Morgan fingerprint density at radius 2 is 1.92 bits per heavy atom. The zero-order valence-corrected chi connectivity index (χ0v) is 14.9. The number of carbonyl (C=O) groups is 1. The first kappa shape index (κ1) is 15.8. The standard InChI is InChI=1S/C17H14BrN5O2/c1-9-16-12(10-2-4-11(18)5-3-10)8-15(25)19-17(16)23(22-9)13-6-7-14(24)21-20-13/h2-7,12H,8H2,1H3,(H,19,25)(H,21,24). The molecular formula is C17H14BrN5O2. The van der Waals surface area contributed by atoms with Crippen molar-refractivity contribution in [2.75, 3.05) is 5.32 Å². The van der Waals surface area contributed by atoms with Gasteiger partial charge in [-0.25, -0.2) is 5.10 Å². The summed E-state index contributed by atoms with van der Waals surface area (Å²) in [5.74, 6) is 0.890. The highest BCUT2D eigenvalue weighted by Crippen LogP contribution is 2.40. The number of carbonyl (C=O) groups excluding carboxylic acids is 1. The molecule has 0 saturated carbocycles. The number of nitrogens with zero attached hydrogens (tertiary/aromatic N) is 3. The summed E-state index contributed by atoms with van der Waals surface area (Å²) in [5.41, 5.74) is 2.54. The van der Waals surface area contributed by atoms with Crippen LogP contribution in [0.5, 0.6) is 0 Å². The molecule has 1 aliphatic heterocycles. The van der Waals surface area contributed by atoms with Crippen LogP contribution in [0, 0.1) is 6.92 Å². The smallest absolute Gasteiger partial charge is 0.264 e. The summed E-state index contributed by atoms with van der Waals surface area (Å²) in [4.78, 5) is 23.5. The number of aryl methyl sites for hydroxylation is 1. The fourth-order valence-corrected chi connectivity index (χ4v) is 3.41. The molecule has 3 aromatic rings. The van der Waals surface area contributed by atoms with Gasteiger partial charge in [-0.05, 0) is 30.7 Å². The number of amides is 1. The summed E-state index contributed by atoms with van der Waals surface area (Å²) in [5, 5.41) is 13.8. The number of aromatic nitrogens is 4. The molecule has 2 N–H and O–H groups in total. The number of hydrogen-bond donors (Lipinski definition) is 2. The van der Waals surface area contributed by atoms with Gasteiger partial charge in [-0.2, -0.15) is 14.9 Å². The predicted molar refractivity (Wildman–Crippen MR) is 95.9 cm³/mol. The lowest BCUT2D eigenvalue weighted by atomic mass is 9.86. The van der Waals surface area contributed by atoms with Gasteiger partial charge in [0.05, 0.1) is 5.69 Å². The zero-order chi connectivity index (χ0) is 17.6. The molecule has 1 unspecified atom stereocenters. The normalized spacial score (nSPS) is 16.4. The van der Waals surface area contributed by atoms with Crippen LogP contribution in [0.2, 0.25) is 0 Å². The Bertz CT molecular complexity index is 1000. The van der Waals surface area contributed by atoms with Crippen molar-refractivity contribution in [1.29, 1.82) is 0 Å². The van der Waals surface area contributed by atoms with Crippen molar-refractivity contribution >= 4 is 27.7 Å². The number of hydrogen-bond acceptors (Lipinski definition) is 4. The summed E-state index contributed by atoms with van der Waals surface area (Å²) in [6.07, 6.45) is 0.361. The maximum absolute atomic E-state index is 12.3. The molecule has 0 radical (unpaired) electrons. The van der Waals surface area contributed by atoms with Crippen molar-refractivity contribution in [2.45, 2.75) is 19.3 Å². The van der Waals surface area contributed by atoms with Crippen molar-refractivity contribution in [1.82, 2.24) is 20.0 Å². The quantitative estimate of drug-likeness (QED) is 0.692. The molecule has 1 aliphatic rings. The lowest BCUT2D eigenvalue weighted by Gasteiger charge is -2.24. The van der Waals surface area contributed by atoms with Gasteiger partial charge in [0, 0.05) is 28.4 Å². The van der Waals surface area contributed by atoms with Gasteiger partial charge in [-0.1, -0.05) is 28.1 Å². The van der Waals surface area contributed by atoms with E-state index in [0.717, 1.165) is 21.3 Å². The van der Waals surface area contributed by atoms with E-state index in [9.17, 15) is 9.59 Å². The largest absolute Gasteiger partial charge is 0.310 e. The second-order valence-corrected chi connectivity index (χ2v) is 6.81. The monoisotopic (exact) mass is 399 g/mol. The van der Waals surface area contributed by atoms with Crippen molar-refractivity contribution in [3.05, 3.63) is 68.0 Å². The second kappa shape index (κ2) is 5.96. The highest BCUT2D eigenvalue weighted by atomic mass is 79.9. The first-order valence-electron chi connectivity index (χ1n) is 7.74. The van der Waals surface area contributed by atoms with Crippen LogP contribution in [-0.2, 0) is 4.79 Å². The van der Waals surface area contributed by atoms with Gasteiger partial charge in [0.2, 0.25) is 5.91 Å². The van der Waals surface area contributed by atoms with Gasteiger partial charge in [0.25, 0.3) is 5.56 Å². The molecule has 25 heavy (non-hydrogen) atoms. The fourth-order valence-electron chi connectivity index (χ4n) is 3.15. The summed E-state index contributed by atoms with van der Waals surface area (Å²) in [6.45, 7) is 1.91. The Hall–Kier alpha value is -2.74. The van der Waals surface area contributed by atoms with Crippen LogP contribution in [0.25, 0.3) is 5.82 Å². The number of benzene rings is 1. The Kier molecular flexibility index (Phi) is 3.76. The van der Waals surface area contributed by atoms with Crippen LogP contribution in [-0.4, -0.2) is 25.9 Å². The van der Waals surface area contributed by atoms with E-state index < -0.39 is 0 Å². The van der Waals surface area contributed by atoms with Gasteiger partial charge >= 0.3 is 0 Å². The van der Waals surface area contributed by atoms with E-state index in [1.165, 1.54) is 6.07 Å². The van der Waals surface area contributed by atoms with E-state index >= 15 is 0 Å². The van der Waals surface area contributed by atoms with Crippen LogP contribution >= 0.6 is 15.9 Å². The van der Waals surface area contributed by atoms with E-state index in [2.05, 4.69) is 36.5 Å². The van der Waals surface area contributed by atoms with Crippen LogP contribution in [0.3, 0.4) is 0 Å². The molecule has 1 aromatic carbocycles. The highest BCUT2D eigenvalue weighted by Gasteiger charge is 2.32. The van der Waals surface area contributed by atoms with Crippen molar-refractivity contribution in [2.24, 2.45) is 0 Å². The Balaban J connectivity index is 1.87. The zero-order valence-electron chi connectivity index (χ0n) is 13.3. The van der Waals surface area contributed by atoms with E-state index in [4.69, 9.17) is 0 Å². The minimum atomic E-state index is -0.293. The molecule has 4 rings (SSSR count). The highest BCUT2D eigenvalue weighted by molar-refractivity contribution is 9.10. The lowest BCUT2D eigenvalue weighted by Crippen LogP contribution is -2.25. The van der Waals surface area contributed by atoms with Crippen molar-refractivity contribution in [3.8, 4) is 5.82 Å². The summed E-state index contributed by atoms with van der Waals surface area (Å²) >= 11 is 3.44. The molecule has 1 atom stereocenters. The van der Waals surface area contributed by atoms with Gasteiger partial charge in [0.15, 0.2) is 5.82 Å². The third-order valence-corrected chi connectivity index (χ3v) is 4.78. The summed E-state index contributed by atoms with van der Waals surface area (Å²) < 4.78 is 2.55. The van der Waals surface area contributed by atoms with Gasteiger partial charge in [-0.15, -0.1) is 0 Å². The maximum Gasteiger partial charge on any atom is 0.264 e. The molecule has 0 saturated heterocycles. The number of rotatable bonds is 2. The van der Waals surface area contributed by atoms with E-state index in [1.54, 1.807) is 10.7 Å². The Morgan fingerprint density at radius 1 is 1.16 bits per heavy atom. The topological polar surface area (TPSA) is 92.7 Å². The molecule has 8 heteroatoms. The number of aromatic amines is 1. The molecule has 1 amide bonds. The molecule has 2 aromatic heterocycles. The molecule has 126 valence electrons. The lowest BCUT2D eigenvalue weighted by molar-refractivity contribution is -0.116. The first-order valence-corrected chi connectivity index (χ1v) is 8.53. The van der Waals surface area contributed by atoms with Crippen LogP contribution in [0.1, 0.15) is 29.2 Å². The minimum Gasteiger partial charge on any atom is -0.310 e. The number of halogens is 1. The average molecular weight is 400 g/mol. The van der Waals surface area contributed by atoms with E-state index in [0.29, 0.717) is 18.1 Å². The fraction of sp³-hybridized carbons (Fsp3) is 0.176. The summed E-state index contributed by atoms with van der Waals surface area (Å²) in [6, 6.07) is 10.9. The first-order chi connectivity index (χ1) is 12.0. The maximum atomic E-state index is 12.3.